The number of hydrogen-bond donors (Lipinski definition) is 3. The SMILES string of the molecule is Nc1cc(Br)c(B(O)O)cn1. The quantitative estimate of drug-likeness (QED) is 0.532. The Hall–Kier alpha value is -0.585. The summed E-state index contributed by atoms with van der Waals surface area (Å²) in [6, 6.07) is 1.51. The number of nitrogens with zero attached hydrogens (tertiary/aromatic N) is 1. The smallest absolute Gasteiger partial charge is 0.423 e. The summed E-state index contributed by atoms with van der Waals surface area (Å²) in [4.78, 5) is 3.69. The van der Waals surface area contributed by atoms with Crippen LogP contribution in [0.3, 0.4) is 0 Å². The third-order valence-electron chi connectivity index (χ3n) is 1.18. The zero-order valence-corrected chi connectivity index (χ0v) is 7.12. The van der Waals surface area contributed by atoms with Gasteiger partial charge in [-0.05, 0) is 6.07 Å². The standard InChI is InChI=1S/C5H6BBrN2O2/c7-4-1-5(8)9-2-3(4)6(10)11/h1-2,10-11H,(H2,8,9). The van der Waals surface area contributed by atoms with Gasteiger partial charge >= 0.3 is 7.12 Å². The maximum absolute atomic E-state index is 8.74. The summed E-state index contributed by atoms with van der Waals surface area (Å²) in [6.45, 7) is 0. The van der Waals surface area contributed by atoms with E-state index < -0.39 is 7.12 Å². The molecule has 4 N–H and O–H groups in total. The molecule has 0 aliphatic carbocycles. The Morgan fingerprint density at radius 1 is 1.55 bits per heavy atom. The van der Waals surface area contributed by atoms with Gasteiger partial charge in [-0.1, -0.05) is 15.9 Å². The number of halogens is 1. The molecule has 0 aliphatic rings. The van der Waals surface area contributed by atoms with E-state index in [2.05, 4.69) is 20.9 Å². The molecule has 0 fully saturated rings. The van der Waals surface area contributed by atoms with Crippen molar-refractivity contribution in [2.24, 2.45) is 0 Å². The average molecular weight is 217 g/mol. The van der Waals surface area contributed by atoms with Crippen LogP contribution in [0.5, 0.6) is 0 Å². The number of nitrogen functional groups attached to an aromatic ring is 1. The average Bonchev–Trinajstić information content (AvgIpc) is 1.85. The first kappa shape index (κ1) is 8.51. The summed E-state index contributed by atoms with van der Waals surface area (Å²) < 4.78 is 0.542. The summed E-state index contributed by atoms with van der Waals surface area (Å²) in [5.41, 5.74) is 5.63. The van der Waals surface area contributed by atoms with Gasteiger partial charge in [0.15, 0.2) is 0 Å². The molecule has 0 unspecified atom stereocenters. The van der Waals surface area contributed by atoms with E-state index in [-0.39, 0.29) is 0 Å². The Kier molecular flexibility index (Phi) is 2.48. The number of pyridine rings is 1. The molecule has 6 heteroatoms. The largest absolute Gasteiger partial charge is 0.491 e. The van der Waals surface area contributed by atoms with Crippen LogP contribution in [-0.4, -0.2) is 22.2 Å². The lowest BCUT2D eigenvalue weighted by Crippen LogP contribution is -2.31. The molecule has 1 heterocycles. The fourth-order valence-electron chi connectivity index (χ4n) is 0.646. The van der Waals surface area contributed by atoms with Crippen LogP contribution in [0.1, 0.15) is 0 Å². The summed E-state index contributed by atoms with van der Waals surface area (Å²) in [6.07, 6.45) is 1.31. The van der Waals surface area contributed by atoms with Gasteiger partial charge in [-0.25, -0.2) is 4.98 Å². The van der Waals surface area contributed by atoms with Gasteiger partial charge < -0.3 is 15.8 Å². The van der Waals surface area contributed by atoms with Gasteiger partial charge in [0.05, 0.1) is 0 Å². The van der Waals surface area contributed by atoms with Crippen LogP contribution in [0.4, 0.5) is 5.82 Å². The predicted octanol–water partition coefficient (Wildman–Crippen LogP) is -0.894. The minimum Gasteiger partial charge on any atom is -0.423 e. The van der Waals surface area contributed by atoms with E-state index in [4.69, 9.17) is 15.8 Å². The van der Waals surface area contributed by atoms with Crippen LogP contribution in [0.25, 0.3) is 0 Å². The first-order valence-corrected chi connectivity index (χ1v) is 3.67. The minimum atomic E-state index is -1.52. The Bertz CT molecular complexity index is 269. The van der Waals surface area contributed by atoms with Crippen LogP contribution in [0, 0.1) is 0 Å². The predicted molar refractivity (Wildman–Crippen MR) is 46.2 cm³/mol. The van der Waals surface area contributed by atoms with Gasteiger partial charge in [-0.2, -0.15) is 0 Å². The van der Waals surface area contributed by atoms with Crippen molar-refractivity contribution < 1.29 is 10.0 Å². The molecule has 11 heavy (non-hydrogen) atoms. The molecular formula is C5H6BBrN2O2. The van der Waals surface area contributed by atoms with Gasteiger partial charge in [-0.15, -0.1) is 0 Å². The molecule has 0 atom stereocenters. The van der Waals surface area contributed by atoms with Crippen molar-refractivity contribution in [2.45, 2.75) is 0 Å². The molecule has 0 aromatic carbocycles. The fourth-order valence-corrected chi connectivity index (χ4v) is 1.19. The van der Waals surface area contributed by atoms with E-state index in [1.807, 2.05) is 0 Å². The van der Waals surface area contributed by atoms with Gasteiger partial charge in [0.25, 0.3) is 0 Å². The second kappa shape index (κ2) is 3.21. The number of aromatic nitrogens is 1. The molecule has 0 spiro atoms. The molecular weight excluding hydrogens is 211 g/mol. The van der Waals surface area contributed by atoms with Gasteiger partial charge in [0.1, 0.15) is 5.82 Å². The highest BCUT2D eigenvalue weighted by Gasteiger charge is 2.14. The van der Waals surface area contributed by atoms with Gasteiger partial charge in [0, 0.05) is 16.1 Å². The monoisotopic (exact) mass is 216 g/mol. The van der Waals surface area contributed by atoms with Crippen molar-refractivity contribution in [3.05, 3.63) is 16.7 Å². The van der Waals surface area contributed by atoms with Crippen LogP contribution in [0.15, 0.2) is 16.7 Å². The van der Waals surface area contributed by atoms with E-state index in [1.54, 1.807) is 0 Å². The zero-order valence-electron chi connectivity index (χ0n) is 5.53. The van der Waals surface area contributed by atoms with E-state index in [0.29, 0.717) is 15.8 Å². The Labute approximate surface area is 72.3 Å². The summed E-state index contributed by atoms with van der Waals surface area (Å²) in [5, 5.41) is 17.5. The summed E-state index contributed by atoms with van der Waals surface area (Å²) >= 11 is 3.11. The molecule has 0 saturated heterocycles. The number of rotatable bonds is 1. The lowest BCUT2D eigenvalue weighted by atomic mass is 9.82. The Morgan fingerprint density at radius 3 is 2.64 bits per heavy atom. The Morgan fingerprint density at radius 2 is 2.18 bits per heavy atom. The van der Waals surface area contributed by atoms with Crippen molar-refractivity contribution in [1.29, 1.82) is 0 Å². The highest BCUT2D eigenvalue weighted by molar-refractivity contribution is 9.10. The fraction of sp³-hybridized carbons (Fsp3) is 0. The number of hydrogen-bond acceptors (Lipinski definition) is 4. The third kappa shape index (κ3) is 1.92. The van der Waals surface area contributed by atoms with Crippen molar-refractivity contribution in [3.63, 3.8) is 0 Å². The molecule has 0 aliphatic heterocycles. The van der Waals surface area contributed by atoms with Crippen molar-refractivity contribution in [3.8, 4) is 0 Å². The normalized spacial score (nSPS) is 9.73. The molecule has 1 rings (SSSR count). The molecule has 1 aromatic rings. The van der Waals surface area contributed by atoms with E-state index in [9.17, 15) is 0 Å². The van der Waals surface area contributed by atoms with Crippen LogP contribution in [0.2, 0.25) is 0 Å². The van der Waals surface area contributed by atoms with E-state index in [0.717, 1.165) is 0 Å². The second-order valence-corrected chi connectivity index (χ2v) is 2.86. The number of anilines is 1. The molecule has 58 valence electrons. The maximum atomic E-state index is 8.74. The summed E-state index contributed by atoms with van der Waals surface area (Å²) in [7, 11) is -1.52. The topological polar surface area (TPSA) is 79.4 Å². The van der Waals surface area contributed by atoms with Crippen molar-refractivity contribution in [2.75, 3.05) is 5.73 Å². The lowest BCUT2D eigenvalue weighted by molar-refractivity contribution is 0.425. The van der Waals surface area contributed by atoms with Crippen molar-refractivity contribution in [1.82, 2.24) is 4.98 Å². The highest BCUT2D eigenvalue weighted by Crippen LogP contribution is 2.08. The highest BCUT2D eigenvalue weighted by atomic mass is 79.9. The maximum Gasteiger partial charge on any atom is 0.491 e. The van der Waals surface area contributed by atoms with Crippen LogP contribution < -0.4 is 11.2 Å². The minimum absolute atomic E-state index is 0.305. The lowest BCUT2D eigenvalue weighted by Gasteiger charge is -2.01. The van der Waals surface area contributed by atoms with Crippen LogP contribution >= 0.6 is 15.9 Å². The zero-order chi connectivity index (χ0) is 8.43. The number of nitrogens with two attached hydrogens (primary N) is 1. The second-order valence-electron chi connectivity index (χ2n) is 2.00. The third-order valence-corrected chi connectivity index (χ3v) is 1.87. The van der Waals surface area contributed by atoms with Gasteiger partial charge in [-0.3, -0.25) is 0 Å². The molecule has 1 aromatic heterocycles. The van der Waals surface area contributed by atoms with E-state index in [1.165, 1.54) is 12.3 Å². The van der Waals surface area contributed by atoms with E-state index >= 15 is 0 Å². The molecule has 0 saturated carbocycles. The molecule has 0 amide bonds. The first-order chi connectivity index (χ1) is 5.11. The molecule has 4 nitrogen and oxygen atoms in total. The molecule has 0 bridgehead atoms. The van der Waals surface area contributed by atoms with Crippen molar-refractivity contribution >= 4 is 34.3 Å². The first-order valence-electron chi connectivity index (χ1n) is 2.88. The van der Waals surface area contributed by atoms with Gasteiger partial charge in [0.2, 0.25) is 0 Å². The summed E-state index contributed by atoms with van der Waals surface area (Å²) in [5.74, 6) is 0.335. The molecule has 0 radical (unpaired) electrons. The van der Waals surface area contributed by atoms with Crippen LogP contribution in [-0.2, 0) is 0 Å². The Balaban J connectivity index is 3.09.